The Labute approximate surface area is 113 Å². The summed E-state index contributed by atoms with van der Waals surface area (Å²) >= 11 is 0. The summed E-state index contributed by atoms with van der Waals surface area (Å²) in [6.45, 7) is 0. The van der Waals surface area contributed by atoms with Crippen molar-refractivity contribution in [3.05, 3.63) is 89.5 Å². The Morgan fingerprint density at radius 1 is 0.684 bits per heavy atom. The minimum Gasteiger partial charge on any atom is -0.0720 e. The molecule has 4 rings (SSSR count). The number of hydrogen-bond donors (Lipinski definition) is 0. The zero-order valence-electron chi connectivity index (χ0n) is 10.6. The summed E-state index contributed by atoms with van der Waals surface area (Å²) in [5.74, 6) is 0.404. The Balaban J connectivity index is 1.93. The van der Waals surface area contributed by atoms with E-state index in [4.69, 9.17) is 0 Å². The van der Waals surface area contributed by atoms with E-state index in [0.717, 1.165) is 0 Å². The van der Waals surface area contributed by atoms with Gasteiger partial charge in [0.15, 0.2) is 0 Å². The molecule has 0 spiro atoms. The zero-order chi connectivity index (χ0) is 12.7. The summed E-state index contributed by atoms with van der Waals surface area (Å²) in [5.41, 5.74) is 4.17. The molecule has 0 saturated heterocycles. The van der Waals surface area contributed by atoms with Gasteiger partial charge in [-0.25, -0.2) is 0 Å². The lowest BCUT2D eigenvalue weighted by Gasteiger charge is -2.12. The third-order valence-electron chi connectivity index (χ3n) is 3.95. The van der Waals surface area contributed by atoms with Gasteiger partial charge in [0.05, 0.1) is 0 Å². The van der Waals surface area contributed by atoms with Gasteiger partial charge in [-0.05, 0) is 27.5 Å². The molecule has 0 heterocycles. The van der Waals surface area contributed by atoms with Gasteiger partial charge in [-0.2, -0.15) is 0 Å². The SMILES string of the molecule is C1=CC(c2ccccc2)c2ccc3ccccc3c21. The lowest BCUT2D eigenvalue weighted by Crippen LogP contribution is -1.95. The van der Waals surface area contributed by atoms with E-state index in [1.165, 1.54) is 27.5 Å². The number of hydrogen-bond acceptors (Lipinski definition) is 0. The number of benzene rings is 3. The average Bonchev–Trinajstić information content (AvgIpc) is 2.92. The Kier molecular flexibility index (Phi) is 2.28. The molecular formula is C19H14. The van der Waals surface area contributed by atoms with Crippen LogP contribution >= 0.6 is 0 Å². The molecular weight excluding hydrogens is 228 g/mol. The van der Waals surface area contributed by atoms with Gasteiger partial charge >= 0.3 is 0 Å². The molecule has 1 aliphatic rings. The summed E-state index contributed by atoms with van der Waals surface area (Å²) in [4.78, 5) is 0. The first kappa shape index (κ1) is 10.6. The quantitative estimate of drug-likeness (QED) is 0.563. The molecule has 1 atom stereocenters. The van der Waals surface area contributed by atoms with Crippen LogP contribution in [0.25, 0.3) is 16.8 Å². The van der Waals surface area contributed by atoms with E-state index in [-0.39, 0.29) is 0 Å². The molecule has 0 aliphatic heterocycles. The van der Waals surface area contributed by atoms with Crippen LogP contribution in [0.4, 0.5) is 0 Å². The molecule has 0 amide bonds. The van der Waals surface area contributed by atoms with Crippen molar-refractivity contribution in [2.24, 2.45) is 0 Å². The Hall–Kier alpha value is -2.34. The van der Waals surface area contributed by atoms with Crippen molar-refractivity contribution in [2.45, 2.75) is 5.92 Å². The van der Waals surface area contributed by atoms with Crippen molar-refractivity contribution in [3.63, 3.8) is 0 Å². The first-order valence-electron chi connectivity index (χ1n) is 6.68. The van der Waals surface area contributed by atoms with Gasteiger partial charge in [-0.1, -0.05) is 78.9 Å². The van der Waals surface area contributed by atoms with Crippen LogP contribution in [0.3, 0.4) is 0 Å². The standard InChI is InChI=1S/C19H14/c1-2-6-14(7-3-1)17-12-13-19-16-9-5-4-8-15(16)10-11-18(17)19/h1-13,17H. The van der Waals surface area contributed by atoms with Crippen molar-refractivity contribution in [3.8, 4) is 0 Å². The maximum atomic E-state index is 2.31. The van der Waals surface area contributed by atoms with Gasteiger partial charge in [-0.3, -0.25) is 0 Å². The molecule has 3 aromatic carbocycles. The molecule has 0 nitrogen and oxygen atoms in total. The predicted molar refractivity (Wildman–Crippen MR) is 81.3 cm³/mol. The van der Waals surface area contributed by atoms with Crippen molar-refractivity contribution in [1.82, 2.24) is 0 Å². The summed E-state index contributed by atoms with van der Waals surface area (Å²) in [6, 6.07) is 23.8. The second kappa shape index (κ2) is 4.10. The maximum absolute atomic E-state index is 2.31. The van der Waals surface area contributed by atoms with Crippen LogP contribution in [-0.2, 0) is 0 Å². The average molecular weight is 242 g/mol. The smallest absolute Gasteiger partial charge is 0.0278 e. The van der Waals surface area contributed by atoms with Crippen molar-refractivity contribution >= 4 is 16.8 Å². The van der Waals surface area contributed by atoms with Gasteiger partial charge < -0.3 is 0 Å². The van der Waals surface area contributed by atoms with E-state index in [1.807, 2.05) is 0 Å². The van der Waals surface area contributed by atoms with E-state index in [2.05, 4.69) is 78.9 Å². The Morgan fingerprint density at radius 2 is 1.47 bits per heavy atom. The number of fused-ring (bicyclic) bond motifs is 3. The third-order valence-corrected chi connectivity index (χ3v) is 3.95. The van der Waals surface area contributed by atoms with Crippen LogP contribution in [0.2, 0.25) is 0 Å². The number of rotatable bonds is 1. The van der Waals surface area contributed by atoms with Gasteiger partial charge in [-0.15, -0.1) is 0 Å². The first-order valence-corrected chi connectivity index (χ1v) is 6.68. The van der Waals surface area contributed by atoms with E-state index in [0.29, 0.717) is 5.92 Å². The summed E-state index contributed by atoms with van der Waals surface area (Å²) in [6.07, 6.45) is 4.59. The largest absolute Gasteiger partial charge is 0.0720 e. The van der Waals surface area contributed by atoms with E-state index in [1.54, 1.807) is 0 Å². The van der Waals surface area contributed by atoms with Crippen molar-refractivity contribution < 1.29 is 0 Å². The second-order valence-corrected chi connectivity index (χ2v) is 5.04. The van der Waals surface area contributed by atoms with E-state index >= 15 is 0 Å². The molecule has 1 aliphatic carbocycles. The van der Waals surface area contributed by atoms with Crippen molar-refractivity contribution in [1.29, 1.82) is 0 Å². The van der Waals surface area contributed by atoms with Crippen LogP contribution < -0.4 is 0 Å². The van der Waals surface area contributed by atoms with Gasteiger partial charge in [0, 0.05) is 5.92 Å². The summed E-state index contributed by atoms with van der Waals surface area (Å²) in [5, 5.41) is 2.68. The molecule has 19 heavy (non-hydrogen) atoms. The normalized spacial score (nSPS) is 16.7. The lowest BCUT2D eigenvalue weighted by molar-refractivity contribution is 1.05. The highest BCUT2D eigenvalue weighted by Gasteiger charge is 2.20. The molecule has 0 aromatic heterocycles. The van der Waals surface area contributed by atoms with E-state index < -0.39 is 0 Å². The fraction of sp³-hybridized carbons (Fsp3) is 0.0526. The van der Waals surface area contributed by atoms with Gasteiger partial charge in [0.1, 0.15) is 0 Å². The van der Waals surface area contributed by atoms with Gasteiger partial charge in [0.2, 0.25) is 0 Å². The Bertz CT molecular complexity index is 766. The molecule has 0 radical (unpaired) electrons. The van der Waals surface area contributed by atoms with Gasteiger partial charge in [0.25, 0.3) is 0 Å². The predicted octanol–water partition coefficient (Wildman–Crippen LogP) is 5.00. The van der Waals surface area contributed by atoms with Crippen LogP contribution in [-0.4, -0.2) is 0 Å². The lowest BCUT2D eigenvalue weighted by atomic mass is 9.91. The van der Waals surface area contributed by atoms with E-state index in [9.17, 15) is 0 Å². The highest BCUT2D eigenvalue weighted by Crippen LogP contribution is 2.38. The minimum atomic E-state index is 0.404. The second-order valence-electron chi connectivity index (χ2n) is 5.04. The molecule has 3 aromatic rings. The van der Waals surface area contributed by atoms with Crippen molar-refractivity contribution in [2.75, 3.05) is 0 Å². The molecule has 1 unspecified atom stereocenters. The van der Waals surface area contributed by atoms with Crippen LogP contribution in [0, 0.1) is 0 Å². The van der Waals surface area contributed by atoms with Crippen LogP contribution in [0.5, 0.6) is 0 Å². The monoisotopic (exact) mass is 242 g/mol. The molecule has 0 saturated carbocycles. The number of allylic oxidation sites excluding steroid dienone is 1. The summed E-state index contributed by atoms with van der Waals surface area (Å²) < 4.78 is 0. The molecule has 0 bridgehead atoms. The topological polar surface area (TPSA) is 0 Å². The maximum Gasteiger partial charge on any atom is 0.0278 e. The molecule has 0 fully saturated rings. The fourth-order valence-corrected chi connectivity index (χ4v) is 3.02. The minimum absolute atomic E-state index is 0.404. The summed E-state index contributed by atoms with van der Waals surface area (Å²) in [7, 11) is 0. The molecule has 0 heteroatoms. The first-order chi connectivity index (χ1) is 9.43. The zero-order valence-corrected chi connectivity index (χ0v) is 10.6. The fourth-order valence-electron chi connectivity index (χ4n) is 3.02. The highest BCUT2D eigenvalue weighted by molar-refractivity contribution is 5.94. The highest BCUT2D eigenvalue weighted by atomic mass is 14.2. The Morgan fingerprint density at radius 3 is 2.37 bits per heavy atom. The molecule has 90 valence electrons. The van der Waals surface area contributed by atoms with Crippen LogP contribution in [0.15, 0.2) is 72.8 Å². The van der Waals surface area contributed by atoms with Crippen LogP contribution in [0.1, 0.15) is 22.6 Å². The third kappa shape index (κ3) is 1.61. The molecule has 0 N–H and O–H groups in total.